The van der Waals surface area contributed by atoms with Crippen molar-refractivity contribution in [2.75, 3.05) is 14.2 Å². The number of nitrogens with one attached hydrogen (secondary N) is 2. The number of benzene rings is 2. The maximum Gasteiger partial charge on any atom is 0.258 e. The van der Waals surface area contributed by atoms with Crippen LogP contribution in [0.2, 0.25) is 0 Å². The highest BCUT2D eigenvalue weighted by Gasteiger charge is 2.23. The van der Waals surface area contributed by atoms with E-state index >= 15 is 0 Å². The molecule has 2 aromatic heterocycles. The lowest BCUT2D eigenvalue weighted by atomic mass is 10.1. The molecular weight excluding hydrogens is 460 g/mol. The lowest BCUT2D eigenvalue weighted by Gasteiger charge is -2.21. The molecule has 0 unspecified atom stereocenters. The van der Waals surface area contributed by atoms with Crippen LogP contribution in [0.5, 0.6) is 11.5 Å². The molecule has 1 fully saturated rings. The van der Waals surface area contributed by atoms with Crippen molar-refractivity contribution in [2.24, 2.45) is 0 Å². The molecule has 1 aliphatic carbocycles. The summed E-state index contributed by atoms with van der Waals surface area (Å²) in [5.74, 6) is 2.25. The van der Waals surface area contributed by atoms with Crippen LogP contribution in [0, 0.1) is 0 Å². The summed E-state index contributed by atoms with van der Waals surface area (Å²) in [5, 5.41) is 3.43. The molecule has 5 rings (SSSR count). The van der Waals surface area contributed by atoms with Gasteiger partial charge in [-0.1, -0.05) is 12.1 Å². The lowest BCUT2D eigenvalue weighted by molar-refractivity contribution is 0.0951. The summed E-state index contributed by atoms with van der Waals surface area (Å²) in [6, 6.07) is 15.0. The van der Waals surface area contributed by atoms with E-state index in [1.165, 1.54) is 7.11 Å². The second-order valence-corrected chi connectivity index (χ2v) is 8.91. The standard InChI is InChI=1S/C27H28N4O5/c1-34-23-12-21-22(13-24(23)35-2)29-25(30-27(21)33)16-31(15-20-4-3-11-36-20)14-17-5-7-18(8-6-17)26(32)28-19-9-10-19/h3-8,11-13,19H,9-10,14-16H2,1-2H3,(H,28,32)(H,29,30,33). The van der Waals surface area contributed by atoms with Crippen LogP contribution in [0.1, 0.15) is 40.3 Å². The van der Waals surface area contributed by atoms with Gasteiger partial charge in [-0.2, -0.15) is 0 Å². The number of methoxy groups -OCH3 is 2. The van der Waals surface area contributed by atoms with E-state index in [9.17, 15) is 9.59 Å². The Morgan fingerprint density at radius 1 is 1.08 bits per heavy atom. The molecule has 0 saturated heterocycles. The van der Waals surface area contributed by atoms with E-state index in [4.69, 9.17) is 13.9 Å². The Morgan fingerprint density at radius 2 is 1.83 bits per heavy atom. The number of H-pyrrole nitrogens is 1. The maximum absolute atomic E-state index is 12.8. The summed E-state index contributed by atoms with van der Waals surface area (Å²) < 4.78 is 16.3. The first-order valence-corrected chi connectivity index (χ1v) is 11.8. The number of hydrogen-bond acceptors (Lipinski definition) is 7. The third-order valence-corrected chi connectivity index (χ3v) is 6.13. The molecule has 2 heterocycles. The van der Waals surface area contributed by atoms with Gasteiger partial charge in [-0.05, 0) is 48.7 Å². The van der Waals surface area contributed by atoms with Crippen LogP contribution in [0.25, 0.3) is 10.9 Å². The van der Waals surface area contributed by atoms with E-state index in [2.05, 4.69) is 20.2 Å². The summed E-state index contributed by atoms with van der Waals surface area (Å²) in [4.78, 5) is 34.8. The molecule has 0 bridgehead atoms. The quantitative estimate of drug-likeness (QED) is 0.351. The van der Waals surface area contributed by atoms with Gasteiger partial charge in [-0.15, -0.1) is 0 Å². The number of carbonyl (C=O) groups excluding carboxylic acids is 1. The van der Waals surface area contributed by atoms with E-state index < -0.39 is 0 Å². The van der Waals surface area contributed by atoms with Gasteiger partial charge in [0, 0.05) is 24.2 Å². The zero-order valence-corrected chi connectivity index (χ0v) is 20.2. The number of aromatic amines is 1. The number of fused-ring (bicyclic) bond motifs is 1. The van der Waals surface area contributed by atoms with Gasteiger partial charge in [0.25, 0.3) is 11.5 Å². The van der Waals surface area contributed by atoms with Crippen LogP contribution in [0.4, 0.5) is 0 Å². The van der Waals surface area contributed by atoms with Crippen molar-refractivity contribution in [3.8, 4) is 11.5 Å². The van der Waals surface area contributed by atoms with Gasteiger partial charge in [-0.3, -0.25) is 14.5 Å². The van der Waals surface area contributed by atoms with Crippen LogP contribution in [0.3, 0.4) is 0 Å². The predicted octanol–water partition coefficient (Wildman–Crippen LogP) is 3.63. The van der Waals surface area contributed by atoms with Crippen molar-refractivity contribution in [1.29, 1.82) is 0 Å². The van der Waals surface area contributed by atoms with Crippen molar-refractivity contribution >= 4 is 16.8 Å². The second kappa shape index (κ2) is 10.2. The smallest absolute Gasteiger partial charge is 0.258 e. The highest BCUT2D eigenvalue weighted by molar-refractivity contribution is 5.94. The molecule has 0 spiro atoms. The van der Waals surface area contributed by atoms with Crippen LogP contribution < -0.4 is 20.3 Å². The molecule has 9 heteroatoms. The van der Waals surface area contributed by atoms with Crippen LogP contribution in [-0.4, -0.2) is 41.0 Å². The Hall–Kier alpha value is -4.11. The topological polar surface area (TPSA) is 110 Å². The number of ether oxygens (including phenoxy) is 2. The Kier molecular flexibility index (Phi) is 6.73. The van der Waals surface area contributed by atoms with Gasteiger partial charge in [0.1, 0.15) is 11.6 Å². The Labute approximate surface area is 208 Å². The first-order chi connectivity index (χ1) is 17.5. The van der Waals surface area contributed by atoms with Crippen molar-refractivity contribution in [1.82, 2.24) is 20.2 Å². The number of rotatable bonds is 10. The first-order valence-electron chi connectivity index (χ1n) is 11.8. The summed E-state index contributed by atoms with van der Waals surface area (Å²) >= 11 is 0. The Balaban J connectivity index is 1.38. The minimum Gasteiger partial charge on any atom is -0.493 e. The molecular formula is C27H28N4O5. The molecule has 1 saturated carbocycles. The monoisotopic (exact) mass is 488 g/mol. The van der Waals surface area contributed by atoms with Gasteiger partial charge in [-0.25, -0.2) is 4.98 Å². The molecule has 2 N–H and O–H groups in total. The van der Waals surface area contributed by atoms with E-state index in [0.29, 0.717) is 59.5 Å². The number of carbonyl (C=O) groups is 1. The van der Waals surface area contributed by atoms with Gasteiger partial charge >= 0.3 is 0 Å². The van der Waals surface area contributed by atoms with E-state index in [0.717, 1.165) is 24.2 Å². The highest BCUT2D eigenvalue weighted by atomic mass is 16.5. The van der Waals surface area contributed by atoms with Crippen molar-refractivity contribution in [3.05, 3.63) is 87.9 Å². The largest absolute Gasteiger partial charge is 0.493 e. The van der Waals surface area contributed by atoms with Crippen LogP contribution >= 0.6 is 0 Å². The summed E-state index contributed by atoms with van der Waals surface area (Å²) in [6.45, 7) is 1.47. The van der Waals surface area contributed by atoms with Gasteiger partial charge in [0.2, 0.25) is 0 Å². The summed E-state index contributed by atoms with van der Waals surface area (Å²) in [5.41, 5.74) is 1.95. The highest BCUT2D eigenvalue weighted by Crippen LogP contribution is 2.30. The average molecular weight is 489 g/mol. The van der Waals surface area contributed by atoms with E-state index in [1.54, 1.807) is 25.5 Å². The molecule has 1 amide bonds. The number of nitrogens with zero attached hydrogens (tertiary/aromatic N) is 2. The van der Waals surface area contributed by atoms with Gasteiger partial charge in [0.05, 0.1) is 44.5 Å². The molecule has 1 aliphatic rings. The fraction of sp³-hybridized carbons (Fsp3) is 0.296. The molecule has 4 aromatic rings. The number of hydrogen-bond donors (Lipinski definition) is 2. The predicted molar refractivity (Wildman–Crippen MR) is 134 cm³/mol. The molecule has 0 radical (unpaired) electrons. The first kappa shape index (κ1) is 23.6. The molecule has 0 atom stereocenters. The molecule has 186 valence electrons. The average Bonchev–Trinajstić information content (AvgIpc) is 3.55. The number of aromatic nitrogens is 2. The number of furan rings is 1. The van der Waals surface area contributed by atoms with Crippen molar-refractivity contribution in [2.45, 2.75) is 38.5 Å². The molecule has 2 aromatic carbocycles. The Morgan fingerprint density at radius 3 is 2.50 bits per heavy atom. The van der Waals surface area contributed by atoms with E-state index in [-0.39, 0.29) is 11.5 Å². The minimum atomic E-state index is -0.250. The van der Waals surface area contributed by atoms with Gasteiger partial charge in [0.15, 0.2) is 11.5 Å². The molecule has 9 nitrogen and oxygen atoms in total. The summed E-state index contributed by atoms with van der Waals surface area (Å²) in [7, 11) is 3.07. The van der Waals surface area contributed by atoms with Crippen molar-refractivity contribution in [3.63, 3.8) is 0 Å². The zero-order chi connectivity index (χ0) is 25.1. The second-order valence-electron chi connectivity index (χ2n) is 8.91. The van der Waals surface area contributed by atoms with Crippen LogP contribution in [0.15, 0.2) is 64.0 Å². The number of amides is 1. The van der Waals surface area contributed by atoms with E-state index in [1.807, 2.05) is 36.4 Å². The third kappa shape index (κ3) is 5.41. The van der Waals surface area contributed by atoms with Gasteiger partial charge < -0.3 is 24.2 Å². The zero-order valence-electron chi connectivity index (χ0n) is 20.2. The molecule has 36 heavy (non-hydrogen) atoms. The van der Waals surface area contributed by atoms with Crippen molar-refractivity contribution < 1.29 is 18.7 Å². The Bertz CT molecular complexity index is 1410. The maximum atomic E-state index is 12.8. The summed E-state index contributed by atoms with van der Waals surface area (Å²) in [6.07, 6.45) is 3.74. The normalized spacial score (nSPS) is 13.2. The fourth-order valence-electron chi connectivity index (χ4n) is 4.11. The SMILES string of the molecule is COc1cc2nc(CN(Cc3ccc(C(=O)NC4CC4)cc3)Cc3ccco3)[nH]c(=O)c2cc1OC. The third-order valence-electron chi connectivity index (χ3n) is 6.13. The molecule has 0 aliphatic heterocycles. The lowest BCUT2D eigenvalue weighted by Crippen LogP contribution is -2.26. The minimum absolute atomic E-state index is 0.0403. The van der Waals surface area contributed by atoms with Crippen LogP contribution in [-0.2, 0) is 19.6 Å². The fourth-order valence-corrected chi connectivity index (χ4v) is 4.11.